The molecule has 432 valence electrons. The molecule has 0 saturated heterocycles. The molecule has 0 aliphatic rings. The van der Waals surface area contributed by atoms with Crippen LogP contribution in [0.5, 0.6) is 0 Å². The molecule has 88 heavy (non-hydrogen) atoms. The Kier molecular flexibility index (Phi) is 16.0. The number of nitrogens with zero attached hydrogens (tertiary/aromatic N) is 8. The molecule has 0 spiro atoms. The molecular formula is C72H50F7N9. The van der Waals surface area contributed by atoms with Crippen LogP contribution in [0.15, 0.2) is 182 Å². The average Bonchev–Trinajstić information content (AvgIpc) is 1.58. The van der Waals surface area contributed by atoms with Crippen LogP contribution < -0.4 is 0 Å². The molecule has 0 amide bonds. The fraction of sp³-hybridized carbons (Fsp3) is 0.111. The van der Waals surface area contributed by atoms with Crippen molar-refractivity contribution in [3.8, 4) is 29.2 Å². The zero-order valence-corrected chi connectivity index (χ0v) is 47.9. The number of hydrogen-bond acceptors (Lipinski definition) is 3. The Morgan fingerprint density at radius 3 is 1.26 bits per heavy atom. The highest BCUT2D eigenvalue weighted by atomic mass is 19.2. The quantitative estimate of drug-likeness (QED) is 0.0778. The number of fused-ring (bicyclic) bond motifs is 14. The lowest BCUT2D eigenvalue weighted by Gasteiger charge is -2.28. The molecule has 4 heterocycles. The van der Waals surface area contributed by atoms with Gasteiger partial charge in [0.05, 0.1) is 51.8 Å². The second-order valence-electron chi connectivity index (χ2n) is 21.1. The molecule has 0 saturated carbocycles. The van der Waals surface area contributed by atoms with Gasteiger partial charge in [0.2, 0.25) is 0 Å². The second-order valence-corrected chi connectivity index (χ2v) is 21.1. The number of H-pyrrole nitrogens is 1. The van der Waals surface area contributed by atoms with E-state index in [1.165, 1.54) is 53.9 Å². The summed E-state index contributed by atoms with van der Waals surface area (Å²) in [4.78, 5) is 11.3. The van der Waals surface area contributed by atoms with Gasteiger partial charge < -0.3 is 18.7 Å². The lowest BCUT2D eigenvalue weighted by Crippen LogP contribution is -2.36. The molecule has 16 heteroatoms. The molecule has 14 rings (SSSR count). The van der Waals surface area contributed by atoms with E-state index in [0.717, 1.165) is 45.4 Å². The van der Waals surface area contributed by atoms with Gasteiger partial charge in [0, 0.05) is 72.1 Å². The Labute approximate surface area is 500 Å². The molecule has 0 bridgehead atoms. The van der Waals surface area contributed by atoms with Crippen LogP contribution in [0.4, 0.5) is 42.1 Å². The number of benzene rings is 10. The van der Waals surface area contributed by atoms with Crippen molar-refractivity contribution in [2.24, 2.45) is 0 Å². The van der Waals surface area contributed by atoms with Crippen LogP contribution in [0.1, 0.15) is 45.7 Å². The Morgan fingerprint density at radius 2 is 0.807 bits per heavy atom. The number of aromatic amines is 1. The normalized spacial score (nSPS) is 11.3. The Balaban J connectivity index is 0.000000140. The molecule has 0 radical (unpaired) electrons. The van der Waals surface area contributed by atoms with Crippen LogP contribution in [-0.4, -0.2) is 42.2 Å². The van der Waals surface area contributed by atoms with Gasteiger partial charge in [0.15, 0.2) is 40.7 Å². The first-order valence-electron chi connectivity index (χ1n) is 28.0. The van der Waals surface area contributed by atoms with E-state index in [9.17, 15) is 22.8 Å². The summed E-state index contributed by atoms with van der Waals surface area (Å²) in [5, 5.41) is 26.5. The van der Waals surface area contributed by atoms with Crippen molar-refractivity contribution in [1.82, 2.24) is 23.6 Å². The van der Waals surface area contributed by atoms with E-state index in [1.54, 1.807) is 18.2 Å². The van der Waals surface area contributed by atoms with E-state index in [-0.39, 0.29) is 0 Å². The topological polar surface area (TPSA) is 90.1 Å². The smallest absolute Gasteiger partial charge is 0.261 e. The summed E-state index contributed by atoms with van der Waals surface area (Å²) >= 11 is 0. The SMILES string of the molecule is CCN(C(C)C)C(C)C.[C-]#[N+]c1c(F)c(F)c(-n2c3ccccc3c3ccc4c5ccccc5n(-c5ccccc5)c4c32)c(C#N)c1F.[C-]#[N+]c1c(F)c(F)c(F)c(C#N)c1F.c1ccc(-n2c3ccccc3c3ccc4c5ccccc5[nH]c4c32)cc1. The minimum absolute atomic E-state index is 0.467. The zero-order chi connectivity index (χ0) is 62.2. The average molecular weight is 1170 g/mol. The summed E-state index contributed by atoms with van der Waals surface area (Å²) < 4.78 is 103. The van der Waals surface area contributed by atoms with Gasteiger partial charge in [-0.1, -0.05) is 140 Å². The maximum atomic E-state index is 15.9. The predicted octanol–water partition coefficient (Wildman–Crippen LogP) is 19.9. The van der Waals surface area contributed by atoms with Gasteiger partial charge in [-0.2, -0.15) is 10.5 Å². The number of aromatic nitrogens is 4. The van der Waals surface area contributed by atoms with Crippen LogP contribution in [-0.2, 0) is 0 Å². The molecule has 0 fully saturated rings. The molecule has 4 aromatic heterocycles. The lowest BCUT2D eigenvalue weighted by atomic mass is 10.1. The Morgan fingerprint density at radius 1 is 0.420 bits per heavy atom. The summed E-state index contributed by atoms with van der Waals surface area (Å²) in [5.41, 5.74) is 4.36. The van der Waals surface area contributed by atoms with Gasteiger partial charge >= 0.3 is 0 Å². The highest BCUT2D eigenvalue weighted by Crippen LogP contribution is 2.45. The lowest BCUT2D eigenvalue weighted by molar-refractivity contribution is 0.185. The largest absolute Gasteiger partial charge is 0.353 e. The van der Waals surface area contributed by atoms with Crippen molar-refractivity contribution >= 4 is 98.6 Å². The van der Waals surface area contributed by atoms with Gasteiger partial charge in [0.1, 0.15) is 29.0 Å². The van der Waals surface area contributed by atoms with Gasteiger partial charge in [0.25, 0.3) is 11.4 Å². The van der Waals surface area contributed by atoms with E-state index < -0.39 is 68.9 Å². The molecule has 9 nitrogen and oxygen atoms in total. The first-order valence-corrected chi connectivity index (χ1v) is 28.0. The number of nitriles is 2. The van der Waals surface area contributed by atoms with Crippen molar-refractivity contribution in [2.45, 2.75) is 46.7 Å². The number of hydrogen-bond donors (Lipinski definition) is 1. The van der Waals surface area contributed by atoms with Crippen molar-refractivity contribution in [2.75, 3.05) is 6.54 Å². The third-order valence-electron chi connectivity index (χ3n) is 15.7. The number of rotatable bonds is 6. The molecule has 0 unspecified atom stereocenters. The molecule has 10 aromatic carbocycles. The summed E-state index contributed by atoms with van der Waals surface area (Å²) in [6, 6.07) is 64.8. The van der Waals surface area contributed by atoms with Gasteiger partial charge in [-0.25, -0.2) is 40.4 Å². The van der Waals surface area contributed by atoms with Crippen LogP contribution in [0.25, 0.3) is 114 Å². The third kappa shape index (κ3) is 9.72. The molecule has 0 atom stereocenters. The predicted molar refractivity (Wildman–Crippen MR) is 336 cm³/mol. The molecular weight excluding hydrogens is 1120 g/mol. The summed E-state index contributed by atoms with van der Waals surface area (Å²) in [6.45, 7) is 25.8. The standard InChI is InChI=1S/C32H15F3N4.C24H16N2.C8F4N2.C8H19N/c1-37-29-26(33)23(17-36)30(28(35)27(29)34)39-25-14-8-6-12-20(25)22-16-15-21-19-11-5-7-13-24(19)38(31(21)32(22)39)18-9-3-2-4-10-18;1-2-8-16(9-3-1)26-22-13-7-5-11-18(22)20-15-14-19-17-10-4-6-12-21(17)25-23(19)24(20)26;1-14-8-5(10)3(2-13)4(9)6(11)7(8)12;1-6-9(7(2)3)8(4)5/h2-16H;1-15,25H;;7-8H,6H2,1-5H3. The highest BCUT2D eigenvalue weighted by molar-refractivity contribution is 6.25. The minimum atomic E-state index is -2.02. The van der Waals surface area contributed by atoms with Gasteiger partial charge in [-0.05, 0) is 82.8 Å². The van der Waals surface area contributed by atoms with Crippen LogP contribution in [0, 0.1) is 76.5 Å². The van der Waals surface area contributed by atoms with Crippen LogP contribution in [0.3, 0.4) is 0 Å². The maximum Gasteiger partial charge on any atom is 0.261 e. The molecule has 14 aromatic rings. The van der Waals surface area contributed by atoms with Crippen molar-refractivity contribution in [3.63, 3.8) is 0 Å². The monoisotopic (exact) mass is 1170 g/mol. The van der Waals surface area contributed by atoms with E-state index in [1.807, 2.05) is 83.4 Å². The van der Waals surface area contributed by atoms with E-state index in [0.29, 0.717) is 28.6 Å². The number of halogens is 7. The Bertz CT molecular complexity index is 5190. The fourth-order valence-corrected chi connectivity index (χ4v) is 12.0. The van der Waals surface area contributed by atoms with Crippen molar-refractivity contribution < 1.29 is 30.7 Å². The van der Waals surface area contributed by atoms with Crippen molar-refractivity contribution in [3.05, 3.63) is 257 Å². The second kappa shape index (κ2) is 24.1. The molecule has 0 aliphatic carbocycles. The summed E-state index contributed by atoms with van der Waals surface area (Å²) in [5.74, 6) is -12.0. The Hall–Kier alpha value is -11.2. The van der Waals surface area contributed by atoms with Crippen LogP contribution >= 0.6 is 0 Å². The van der Waals surface area contributed by atoms with E-state index in [2.05, 4.69) is 150 Å². The summed E-state index contributed by atoms with van der Waals surface area (Å²) in [7, 11) is 0. The summed E-state index contributed by atoms with van der Waals surface area (Å²) in [6.07, 6.45) is 0. The maximum absolute atomic E-state index is 15.9. The zero-order valence-electron chi connectivity index (χ0n) is 47.9. The van der Waals surface area contributed by atoms with Gasteiger partial charge in [-0.15, -0.1) is 0 Å². The number of para-hydroxylation sites is 6. The van der Waals surface area contributed by atoms with Crippen molar-refractivity contribution in [1.29, 1.82) is 10.5 Å². The molecule has 0 aliphatic heterocycles. The van der Waals surface area contributed by atoms with Gasteiger partial charge in [-0.3, -0.25) is 4.90 Å². The molecule has 1 N–H and O–H groups in total. The fourth-order valence-electron chi connectivity index (χ4n) is 12.0. The third-order valence-corrected chi connectivity index (χ3v) is 15.7. The number of nitrogens with one attached hydrogen (secondary N) is 1. The van der Waals surface area contributed by atoms with Crippen LogP contribution in [0.2, 0.25) is 0 Å². The first-order chi connectivity index (χ1) is 42.6. The minimum Gasteiger partial charge on any atom is -0.353 e. The van der Waals surface area contributed by atoms with E-state index >= 15 is 13.2 Å². The highest BCUT2D eigenvalue weighted by Gasteiger charge is 2.31. The van der Waals surface area contributed by atoms with E-state index in [4.69, 9.17) is 18.4 Å². The first kappa shape index (κ1) is 58.6.